The van der Waals surface area contributed by atoms with Gasteiger partial charge in [0.05, 0.1) is 12.2 Å². The average molecular weight is 257 g/mol. The molecule has 0 aliphatic carbocycles. The lowest BCUT2D eigenvalue weighted by molar-refractivity contribution is 1.05. The van der Waals surface area contributed by atoms with Crippen molar-refractivity contribution >= 4 is 22.0 Å². The maximum Gasteiger partial charge on any atom is 0.193 e. The van der Waals surface area contributed by atoms with E-state index in [-0.39, 0.29) is 0 Å². The monoisotopic (exact) mass is 257 g/mol. The largest absolute Gasteiger partial charge is 0.379 e. The van der Waals surface area contributed by atoms with Crippen molar-refractivity contribution in [3.8, 4) is 0 Å². The predicted octanol–water partition coefficient (Wildman–Crippen LogP) is 3.57. The van der Waals surface area contributed by atoms with Crippen molar-refractivity contribution in [1.82, 2.24) is 9.38 Å². The first kappa shape index (κ1) is 11.3. The molecule has 3 nitrogen and oxygen atoms in total. The van der Waals surface area contributed by atoms with Crippen LogP contribution in [0.15, 0.2) is 42.0 Å². The predicted molar refractivity (Wildman–Crippen MR) is 76.2 cm³/mol. The zero-order valence-corrected chi connectivity index (χ0v) is 11.1. The van der Waals surface area contributed by atoms with Crippen molar-refractivity contribution in [3.05, 3.63) is 53.3 Å². The molecule has 3 rings (SSSR count). The van der Waals surface area contributed by atoms with E-state index in [1.54, 1.807) is 11.3 Å². The van der Waals surface area contributed by atoms with Gasteiger partial charge in [-0.2, -0.15) is 0 Å². The summed E-state index contributed by atoms with van der Waals surface area (Å²) in [5, 5.41) is 5.51. The molecule has 2 heterocycles. The Kier molecular flexibility index (Phi) is 3.02. The zero-order valence-electron chi connectivity index (χ0n) is 10.3. The second-order valence-electron chi connectivity index (χ2n) is 4.19. The van der Waals surface area contributed by atoms with Gasteiger partial charge in [-0.05, 0) is 18.1 Å². The molecule has 18 heavy (non-hydrogen) atoms. The highest BCUT2D eigenvalue weighted by Crippen LogP contribution is 2.17. The van der Waals surface area contributed by atoms with Crippen LogP contribution in [-0.4, -0.2) is 9.38 Å². The lowest BCUT2D eigenvalue weighted by Crippen LogP contribution is -2.02. The first-order chi connectivity index (χ1) is 8.86. The number of hydrogen-bond donors (Lipinski definition) is 1. The van der Waals surface area contributed by atoms with Crippen LogP contribution in [-0.2, 0) is 13.0 Å². The Labute approximate surface area is 110 Å². The van der Waals surface area contributed by atoms with Crippen molar-refractivity contribution in [2.45, 2.75) is 19.9 Å². The highest BCUT2D eigenvalue weighted by molar-refractivity contribution is 7.15. The van der Waals surface area contributed by atoms with Crippen LogP contribution in [0.2, 0.25) is 0 Å². The molecule has 1 N–H and O–H groups in total. The van der Waals surface area contributed by atoms with Gasteiger partial charge < -0.3 is 5.32 Å². The van der Waals surface area contributed by atoms with Crippen molar-refractivity contribution in [2.24, 2.45) is 0 Å². The van der Waals surface area contributed by atoms with E-state index >= 15 is 0 Å². The molecule has 92 valence electrons. The molecule has 3 aromatic rings. The van der Waals surface area contributed by atoms with Gasteiger partial charge >= 0.3 is 0 Å². The third-order valence-electron chi connectivity index (χ3n) is 3.00. The Balaban J connectivity index is 1.76. The average Bonchev–Trinajstić information content (AvgIpc) is 2.97. The molecule has 0 spiro atoms. The summed E-state index contributed by atoms with van der Waals surface area (Å²) in [7, 11) is 0. The molecule has 0 fully saturated rings. The normalized spacial score (nSPS) is 10.9. The van der Waals surface area contributed by atoms with E-state index < -0.39 is 0 Å². The van der Waals surface area contributed by atoms with Crippen LogP contribution in [0.3, 0.4) is 0 Å². The van der Waals surface area contributed by atoms with Crippen molar-refractivity contribution < 1.29 is 0 Å². The minimum absolute atomic E-state index is 0.769. The first-order valence-electron chi connectivity index (χ1n) is 6.09. The van der Waals surface area contributed by atoms with E-state index in [4.69, 9.17) is 0 Å². The number of imidazole rings is 1. The number of thiazole rings is 1. The number of fused-ring (bicyclic) bond motifs is 1. The van der Waals surface area contributed by atoms with Crippen molar-refractivity contribution in [2.75, 3.05) is 5.32 Å². The molecule has 0 saturated carbocycles. The van der Waals surface area contributed by atoms with E-state index in [1.807, 2.05) is 11.6 Å². The molecule has 0 atom stereocenters. The minimum atomic E-state index is 0.769. The fourth-order valence-electron chi connectivity index (χ4n) is 2.05. The van der Waals surface area contributed by atoms with Gasteiger partial charge in [0.1, 0.15) is 0 Å². The van der Waals surface area contributed by atoms with E-state index in [0.717, 1.165) is 23.6 Å². The van der Waals surface area contributed by atoms with Crippen LogP contribution < -0.4 is 5.32 Å². The zero-order chi connectivity index (χ0) is 12.4. The molecule has 0 bridgehead atoms. The molecule has 0 amide bonds. The highest BCUT2D eigenvalue weighted by Gasteiger charge is 2.03. The van der Waals surface area contributed by atoms with Crippen LogP contribution in [0.25, 0.3) is 4.96 Å². The number of para-hydroxylation sites is 1. The number of aryl methyl sites for hydroxylation is 1. The summed E-state index contributed by atoms with van der Waals surface area (Å²) in [5.74, 6) is 0. The smallest absolute Gasteiger partial charge is 0.193 e. The number of nitrogens with zero attached hydrogens (tertiary/aromatic N) is 2. The lowest BCUT2D eigenvalue weighted by Gasteiger charge is -2.09. The Morgan fingerprint density at radius 2 is 2.22 bits per heavy atom. The van der Waals surface area contributed by atoms with E-state index in [0.29, 0.717) is 0 Å². The van der Waals surface area contributed by atoms with Gasteiger partial charge in [-0.15, -0.1) is 11.3 Å². The third-order valence-corrected chi connectivity index (χ3v) is 3.77. The molecule has 0 aliphatic heterocycles. The van der Waals surface area contributed by atoms with Gasteiger partial charge in [0, 0.05) is 23.5 Å². The van der Waals surface area contributed by atoms with Crippen LogP contribution in [0.1, 0.15) is 18.2 Å². The van der Waals surface area contributed by atoms with Gasteiger partial charge in [0.25, 0.3) is 0 Å². The Morgan fingerprint density at radius 3 is 3.06 bits per heavy atom. The van der Waals surface area contributed by atoms with Gasteiger partial charge in [0.2, 0.25) is 0 Å². The van der Waals surface area contributed by atoms with Crippen molar-refractivity contribution in [3.63, 3.8) is 0 Å². The maximum absolute atomic E-state index is 4.56. The first-order valence-corrected chi connectivity index (χ1v) is 6.97. The molecule has 0 radical (unpaired) electrons. The molecule has 0 aliphatic rings. The number of rotatable bonds is 4. The SMILES string of the molecule is CCc1ccccc1NCc1cn2ccsc2n1. The fraction of sp³-hybridized carbons (Fsp3) is 0.214. The van der Waals surface area contributed by atoms with Gasteiger partial charge in [0.15, 0.2) is 4.96 Å². The lowest BCUT2D eigenvalue weighted by atomic mass is 10.1. The number of hydrogen-bond acceptors (Lipinski definition) is 3. The third kappa shape index (κ3) is 2.11. The summed E-state index contributed by atoms with van der Waals surface area (Å²) < 4.78 is 2.06. The molecule has 2 aromatic heterocycles. The molecular weight excluding hydrogens is 242 g/mol. The fourth-order valence-corrected chi connectivity index (χ4v) is 2.77. The summed E-state index contributed by atoms with van der Waals surface area (Å²) in [6.07, 6.45) is 5.16. The van der Waals surface area contributed by atoms with Gasteiger partial charge in [-0.1, -0.05) is 25.1 Å². The molecule has 1 aromatic carbocycles. The number of aromatic nitrogens is 2. The Bertz CT molecular complexity index is 625. The number of anilines is 1. The highest BCUT2D eigenvalue weighted by atomic mass is 32.1. The van der Waals surface area contributed by atoms with Gasteiger partial charge in [-0.3, -0.25) is 4.40 Å². The maximum atomic E-state index is 4.56. The van der Waals surface area contributed by atoms with E-state index in [1.165, 1.54) is 11.3 Å². The minimum Gasteiger partial charge on any atom is -0.379 e. The van der Waals surface area contributed by atoms with E-state index in [2.05, 4.69) is 52.1 Å². The summed E-state index contributed by atoms with van der Waals surface area (Å²) in [6.45, 7) is 2.94. The molecule has 0 saturated heterocycles. The van der Waals surface area contributed by atoms with E-state index in [9.17, 15) is 0 Å². The number of nitrogens with one attached hydrogen (secondary N) is 1. The van der Waals surface area contributed by atoms with Crippen molar-refractivity contribution in [1.29, 1.82) is 0 Å². The summed E-state index contributed by atoms with van der Waals surface area (Å²) in [4.78, 5) is 5.61. The summed E-state index contributed by atoms with van der Waals surface area (Å²) >= 11 is 1.66. The van der Waals surface area contributed by atoms with Gasteiger partial charge in [-0.25, -0.2) is 4.98 Å². The van der Waals surface area contributed by atoms with Crippen LogP contribution in [0, 0.1) is 0 Å². The second kappa shape index (κ2) is 4.82. The number of benzene rings is 1. The Hall–Kier alpha value is -1.81. The van der Waals surface area contributed by atoms with Crippen LogP contribution in [0.5, 0.6) is 0 Å². The summed E-state index contributed by atoms with van der Waals surface area (Å²) in [6, 6.07) is 8.43. The topological polar surface area (TPSA) is 29.3 Å². The quantitative estimate of drug-likeness (QED) is 0.774. The van der Waals surface area contributed by atoms with Crippen LogP contribution >= 0.6 is 11.3 Å². The molecular formula is C14H15N3S. The summed E-state index contributed by atoms with van der Waals surface area (Å²) in [5.41, 5.74) is 3.63. The standard InChI is InChI=1S/C14H15N3S/c1-2-11-5-3-4-6-13(11)15-9-12-10-17-7-8-18-14(17)16-12/h3-8,10,15H,2,9H2,1H3. The molecule has 0 unspecified atom stereocenters. The van der Waals surface area contributed by atoms with Crippen LogP contribution in [0.4, 0.5) is 5.69 Å². The Morgan fingerprint density at radius 1 is 1.33 bits per heavy atom. The molecule has 4 heteroatoms. The second-order valence-corrected chi connectivity index (χ2v) is 5.06.